The second kappa shape index (κ2) is 10.1. The molecule has 0 aromatic heterocycles. The van der Waals surface area contributed by atoms with Crippen LogP contribution in [0, 0.1) is 0 Å². The van der Waals surface area contributed by atoms with Crippen LogP contribution in [0.25, 0.3) is 0 Å². The van der Waals surface area contributed by atoms with Gasteiger partial charge in [0, 0.05) is 52.4 Å². The van der Waals surface area contributed by atoms with Crippen LogP contribution in [-0.2, 0) is 14.8 Å². The molecular formula is C21H34N4O4S. The van der Waals surface area contributed by atoms with E-state index in [4.69, 9.17) is 4.74 Å². The van der Waals surface area contributed by atoms with Crippen molar-refractivity contribution < 1.29 is 17.9 Å². The Balaban J connectivity index is 1.55. The van der Waals surface area contributed by atoms with Crippen LogP contribution in [0.4, 0.5) is 0 Å². The van der Waals surface area contributed by atoms with Crippen molar-refractivity contribution in [3.8, 4) is 5.75 Å². The number of ether oxygens (including phenoxy) is 1. The van der Waals surface area contributed by atoms with Crippen molar-refractivity contribution in [3.63, 3.8) is 0 Å². The zero-order chi connectivity index (χ0) is 21.7. The maximum Gasteiger partial charge on any atom is 0.243 e. The van der Waals surface area contributed by atoms with Crippen molar-refractivity contribution in [2.75, 3.05) is 65.5 Å². The van der Waals surface area contributed by atoms with Gasteiger partial charge in [-0.05, 0) is 44.7 Å². The van der Waals surface area contributed by atoms with E-state index in [0.717, 1.165) is 32.7 Å². The van der Waals surface area contributed by atoms with Crippen molar-refractivity contribution in [2.24, 2.45) is 0 Å². The SMILES string of the molecule is CCOc1ccc(S(=O)(=O)N2CCN(C(C)C(=O)N3CCN(CC)CC3)CC2)cc1. The monoisotopic (exact) mass is 438 g/mol. The maximum atomic E-state index is 13.0. The highest BCUT2D eigenvalue weighted by atomic mass is 32.2. The smallest absolute Gasteiger partial charge is 0.243 e. The summed E-state index contributed by atoms with van der Waals surface area (Å²) < 4.78 is 32.8. The molecule has 3 rings (SSSR count). The van der Waals surface area contributed by atoms with E-state index in [-0.39, 0.29) is 16.8 Å². The van der Waals surface area contributed by atoms with Crippen LogP contribution >= 0.6 is 0 Å². The van der Waals surface area contributed by atoms with E-state index in [1.807, 2.05) is 18.7 Å². The van der Waals surface area contributed by atoms with Crippen molar-refractivity contribution in [1.82, 2.24) is 19.0 Å². The molecule has 0 aliphatic carbocycles. The number of carbonyl (C=O) groups excluding carboxylic acids is 1. The highest BCUT2D eigenvalue weighted by Crippen LogP contribution is 2.21. The van der Waals surface area contributed by atoms with Gasteiger partial charge in [0.1, 0.15) is 5.75 Å². The van der Waals surface area contributed by atoms with Gasteiger partial charge in [-0.1, -0.05) is 6.92 Å². The van der Waals surface area contributed by atoms with Crippen LogP contribution in [0.5, 0.6) is 5.75 Å². The van der Waals surface area contributed by atoms with E-state index in [1.165, 1.54) is 4.31 Å². The number of benzene rings is 1. The average molecular weight is 439 g/mol. The molecule has 2 fully saturated rings. The Labute approximate surface area is 180 Å². The fourth-order valence-corrected chi connectivity index (χ4v) is 5.48. The molecule has 1 amide bonds. The van der Waals surface area contributed by atoms with Gasteiger partial charge in [-0.25, -0.2) is 8.42 Å². The summed E-state index contributed by atoms with van der Waals surface area (Å²) in [7, 11) is -3.54. The van der Waals surface area contributed by atoms with E-state index >= 15 is 0 Å². The van der Waals surface area contributed by atoms with Gasteiger partial charge in [0.05, 0.1) is 17.5 Å². The van der Waals surface area contributed by atoms with Crippen molar-refractivity contribution in [3.05, 3.63) is 24.3 Å². The summed E-state index contributed by atoms with van der Waals surface area (Å²) >= 11 is 0. The first-order valence-corrected chi connectivity index (χ1v) is 12.3. The third kappa shape index (κ3) is 5.14. The molecule has 0 N–H and O–H groups in total. The predicted octanol–water partition coefficient (Wildman–Crippen LogP) is 0.944. The van der Waals surface area contributed by atoms with Crippen LogP contribution in [0.1, 0.15) is 20.8 Å². The molecule has 2 aliphatic heterocycles. The van der Waals surface area contributed by atoms with Gasteiger partial charge in [0.25, 0.3) is 0 Å². The molecule has 0 radical (unpaired) electrons. The van der Waals surface area contributed by atoms with Gasteiger partial charge in [0.2, 0.25) is 15.9 Å². The number of amides is 1. The van der Waals surface area contributed by atoms with E-state index < -0.39 is 10.0 Å². The lowest BCUT2D eigenvalue weighted by atomic mass is 10.2. The van der Waals surface area contributed by atoms with Gasteiger partial charge in [-0.2, -0.15) is 4.31 Å². The molecule has 2 saturated heterocycles. The Morgan fingerprint density at radius 3 is 2.10 bits per heavy atom. The summed E-state index contributed by atoms with van der Waals surface area (Å²) in [6.45, 7) is 12.8. The van der Waals surface area contributed by atoms with Crippen molar-refractivity contribution in [1.29, 1.82) is 0 Å². The number of sulfonamides is 1. The lowest BCUT2D eigenvalue weighted by Crippen LogP contribution is -2.57. The molecule has 2 aliphatic rings. The first-order chi connectivity index (χ1) is 14.4. The topological polar surface area (TPSA) is 73.4 Å². The first kappa shape index (κ1) is 23.0. The zero-order valence-electron chi connectivity index (χ0n) is 18.3. The van der Waals surface area contributed by atoms with E-state index in [1.54, 1.807) is 24.3 Å². The lowest BCUT2D eigenvalue weighted by molar-refractivity contribution is -0.138. The van der Waals surface area contributed by atoms with Crippen LogP contribution in [0.3, 0.4) is 0 Å². The second-order valence-electron chi connectivity index (χ2n) is 7.78. The molecule has 0 spiro atoms. The van der Waals surface area contributed by atoms with Gasteiger partial charge in [-0.3, -0.25) is 9.69 Å². The Morgan fingerprint density at radius 2 is 1.57 bits per heavy atom. The maximum absolute atomic E-state index is 13.0. The minimum Gasteiger partial charge on any atom is -0.494 e. The second-order valence-corrected chi connectivity index (χ2v) is 9.72. The lowest BCUT2D eigenvalue weighted by Gasteiger charge is -2.40. The van der Waals surface area contributed by atoms with Crippen LogP contribution in [-0.4, -0.2) is 105 Å². The van der Waals surface area contributed by atoms with Crippen LogP contribution in [0.15, 0.2) is 29.2 Å². The van der Waals surface area contributed by atoms with Gasteiger partial charge in [-0.15, -0.1) is 0 Å². The summed E-state index contributed by atoms with van der Waals surface area (Å²) in [6, 6.07) is 6.33. The van der Waals surface area contributed by atoms with Gasteiger partial charge >= 0.3 is 0 Å². The molecule has 8 nitrogen and oxygen atoms in total. The number of carbonyl (C=O) groups is 1. The summed E-state index contributed by atoms with van der Waals surface area (Å²) in [4.78, 5) is 19.6. The summed E-state index contributed by atoms with van der Waals surface area (Å²) in [5, 5.41) is 0. The van der Waals surface area contributed by atoms with Crippen molar-refractivity contribution in [2.45, 2.75) is 31.7 Å². The number of piperazine rings is 2. The van der Waals surface area contributed by atoms with Crippen molar-refractivity contribution >= 4 is 15.9 Å². The molecule has 1 atom stereocenters. The molecule has 9 heteroatoms. The summed E-state index contributed by atoms with van der Waals surface area (Å²) in [5.41, 5.74) is 0. The standard InChI is InChI=1S/C21H34N4O4S/c1-4-22-10-12-24(13-11-22)21(26)18(3)23-14-16-25(17-15-23)30(27,28)20-8-6-19(7-9-20)29-5-2/h6-9,18H,4-5,10-17H2,1-3H3. The molecule has 2 heterocycles. The number of hydrogen-bond acceptors (Lipinski definition) is 6. The Bertz CT molecular complexity index is 799. The molecule has 1 aromatic rings. The summed E-state index contributed by atoms with van der Waals surface area (Å²) in [6.07, 6.45) is 0. The molecule has 168 valence electrons. The van der Waals surface area contributed by atoms with Gasteiger partial charge < -0.3 is 14.5 Å². The van der Waals surface area contributed by atoms with Crippen LogP contribution in [0.2, 0.25) is 0 Å². The molecule has 30 heavy (non-hydrogen) atoms. The van der Waals surface area contributed by atoms with E-state index in [0.29, 0.717) is 38.5 Å². The third-order valence-corrected chi connectivity index (χ3v) is 7.99. The number of hydrogen-bond donors (Lipinski definition) is 0. The normalized spacial score (nSPS) is 20.8. The highest BCUT2D eigenvalue weighted by Gasteiger charge is 2.33. The predicted molar refractivity (Wildman–Crippen MR) is 116 cm³/mol. The van der Waals surface area contributed by atoms with Gasteiger partial charge in [0.15, 0.2) is 0 Å². The summed E-state index contributed by atoms with van der Waals surface area (Å²) in [5.74, 6) is 0.807. The Morgan fingerprint density at radius 1 is 0.967 bits per heavy atom. The highest BCUT2D eigenvalue weighted by molar-refractivity contribution is 7.89. The molecular weight excluding hydrogens is 404 g/mol. The largest absolute Gasteiger partial charge is 0.494 e. The molecule has 1 aromatic carbocycles. The Kier molecular flexibility index (Phi) is 7.73. The quantitative estimate of drug-likeness (QED) is 0.631. The van der Waals surface area contributed by atoms with Crippen LogP contribution < -0.4 is 4.74 Å². The minimum absolute atomic E-state index is 0.147. The fraction of sp³-hybridized carbons (Fsp3) is 0.667. The molecule has 0 bridgehead atoms. The average Bonchev–Trinajstić information content (AvgIpc) is 2.79. The first-order valence-electron chi connectivity index (χ1n) is 10.8. The Hall–Kier alpha value is -1.68. The number of rotatable bonds is 7. The number of nitrogens with zero attached hydrogens (tertiary/aromatic N) is 4. The minimum atomic E-state index is -3.54. The fourth-order valence-electron chi connectivity index (χ4n) is 4.06. The molecule has 0 saturated carbocycles. The molecule has 1 unspecified atom stereocenters. The zero-order valence-corrected chi connectivity index (χ0v) is 19.1. The number of likely N-dealkylation sites (N-methyl/N-ethyl adjacent to an activating group) is 1. The van der Waals surface area contributed by atoms with E-state index in [2.05, 4.69) is 16.7 Å². The third-order valence-electron chi connectivity index (χ3n) is 6.08. The van der Waals surface area contributed by atoms with E-state index in [9.17, 15) is 13.2 Å².